The average molecular weight is 453 g/mol. The number of hydrogen-bond acceptors (Lipinski definition) is 3. The highest BCUT2D eigenvalue weighted by Gasteiger charge is 2.33. The minimum Gasteiger partial charge on any atom is -0.352 e. The van der Waals surface area contributed by atoms with E-state index in [4.69, 9.17) is 0 Å². The molecule has 2 aliphatic rings. The number of benzene rings is 2. The Labute approximate surface area is 198 Å². The largest absolute Gasteiger partial charge is 0.352 e. The van der Waals surface area contributed by atoms with E-state index in [1.54, 1.807) is 0 Å². The van der Waals surface area contributed by atoms with E-state index in [1.807, 2.05) is 17.8 Å². The molecule has 0 unspecified atom stereocenters. The summed E-state index contributed by atoms with van der Waals surface area (Å²) in [6.45, 7) is 11.1. The number of fused-ring (bicyclic) bond motifs is 2. The number of carbonyl (C=O) groups excluding carboxylic acids is 1. The van der Waals surface area contributed by atoms with Gasteiger partial charge in [-0.25, -0.2) is 0 Å². The molecule has 1 fully saturated rings. The van der Waals surface area contributed by atoms with E-state index in [0.29, 0.717) is 12.0 Å². The number of likely N-dealkylation sites (tertiary alicyclic amines) is 1. The zero-order chi connectivity index (χ0) is 22.7. The van der Waals surface area contributed by atoms with Crippen molar-refractivity contribution < 1.29 is 9.28 Å². The highest BCUT2D eigenvalue weighted by atomic mass is 32.2. The molecule has 1 saturated heterocycles. The van der Waals surface area contributed by atoms with Crippen molar-refractivity contribution >= 4 is 29.0 Å². The summed E-state index contributed by atoms with van der Waals surface area (Å²) in [4.78, 5) is 17.9. The van der Waals surface area contributed by atoms with Gasteiger partial charge < -0.3 is 14.7 Å². The predicted molar refractivity (Wildman–Crippen MR) is 135 cm³/mol. The molecule has 4 rings (SSSR count). The Morgan fingerprint density at radius 1 is 1.03 bits per heavy atom. The van der Waals surface area contributed by atoms with Gasteiger partial charge in [-0.05, 0) is 68.9 Å². The Morgan fingerprint density at radius 3 is 2.50 bits per heavy atom. The summed E-state index contributed by atoms with van der Waals surface area (Å²) in [6, 6.07) is 15.3. The molecule has 1 atom stereocenters. The standard InChI is InChI=1S/C27H37N3OS/c1-20(2)14-15-28-27(31)22-12-13-26-24(18-22)29(23-10-6-7-11-25(23)32-26)21(3)19-30(4)16-8-5-9-17-30/h6-7,10-13,18,20-21H,5,8-9,14-17,19H2,1-4H3/p+1/t21-/m1/s1. The number of nitrogens with zero attached hydrogens (tertiary/aromatic N) is 2. The van der Waals surface area contributed by atoms with Crippen LogP contribution >= 0.6 is 11.8 Å². The number of para-hydroxylation sites is 1. The third-order valence-electron chi connectivity index (χ3n) is 6.87. The normalized spacial score (nSPS) is 18.1. The van der Waals surface area contributed by atoms with Gasteiger partial charge in [-0.2, -0.15) is 0 Å². The minimum absolute atomic E-state index is 0.0277. The van der Waals surface area contributed by atoms with Crippen molar-refractivity contribution in [2.75, 3.05) is 38.1 Å². The van der Waals surface area contributed by atoms with E-state index in [0.717, 1.165) is 29.6 Å². The highest BCUT2D eigenvalue weighted by molar-refractivity contribution is 7.99. The van der Waals surface area contributed by atoms with Gasteiger partial charge >= 0.3 is 0 Å². The summed E-state index contributed by atoms with van der Waals surface area (Å²) >= 11 is 1.81. The summed E-state index contributed by atoms with van der Waals surface area (Å²) in [5, 5.41) is 3.10. The second-order valence-corrected chi connectivity index (χ2v) is 11.3. The number of amides is 1. The Morgan fingerprint density at radius 2 is 1.75 bits per heavy atom. The molecule has 2 aromatic carbocycles. The number of rotatable bonds is 7. The lowest BCUT2D eigenvalue weighted by atomic mass is 10.1. The van der Waals surface area contributed by atoms with Gasteiger partial charge in [0, 0.05) is 21.9 Å². The van der Waals surface area contributed by atoms with E-state index in [2.05, 4.69) is 74.4 Å². The molecule has 2 aliphatic heterocycles. The molecule has 0 bridgehead atoms. The molecule has 2 heterocycles. The first-order chi connectivity index (χ1) is 15.4. The predicted octanol–water partition coefficient (Wildman–Crippen LogP) is 6.08. The van der Waals surface area contributed by atoms with E-state index < -0.39 is 0 Å². The fourth-order valence-corrected chi connectivity index (χ4v) is 6.21. The Hall–Kier alpha value is -1.98. The molecule has 0 aromatic heterocycles. The third kappa shape index (κ3) is 5.15. The van der Waals surface area contributed by atoms with Crippen LogP contribution in [0.25, 0.3) is 0 Å². The lowest BCUT2D eigenvalue weighted by Gasteiger charge is -2.44. The summed E-state index contributed by atoms with van der Waals surface area (Å²) < 4.78 is 1.14. The van der Waals surface area contributed by atoms with Crippen LogP contribution in [0.15, 0.2) is 52.3 Å². The fourth-order valence-electron chi connectivity index (χ4n) is 5.15. The van der Waals surface area contributed by atoms with E-state index in [1.165, 1.54) is 53.5 Å². The van der Waals surface area contributed by atoms with Crippen molar-refractivity contribution in [1.82, 2.24) is 5.32 Å². The molecule has 5 heteroatoms. The SMILES string of the molecule is CC(C)CCNC(=O)c1ccc2c(c1)N([C@H](C)C[N+]1(C)CCCCC1)c1ccccc1S2. The first-order valence-corrected chi connectivity index (χ1v) is 13.0. The summed E-state index contributed by atoms with van der Waals surface area (Å²) in [7, 11) is 2.42. The summed E-state index contributed by atoms with van der Waals surface area (Å²) in [5.41, 5.74) is 3.18. The van der Waals surface area contributed by atoms with Crippen LogP contribution in [0.2, 0.25) is 0 Å². The van der Waals surface area contributed by atoms with E-state index >= 15 is 0 Å². The Bertz CT molecular complexity index is 952. The lowest BCUT2D eigenvalue weighted by Crippen LogP contribution is -2.54. The number of likely N-dealkylation sites (N-methyl/N-ethyl adjacent to an activating group) is 1. The molecule has 4 nitrogen and oxygen atoms in total. The first kappa shape index (κ1) is 23.2. The van der Waals surface area contributed by atoms with Crippen LogP contribution < -0.4 is 10.2 Å². The molecule has 0 saturated carbocycles. The van der Waals surface area contributed by atoms with Crippen LogP contribution in [0, 0.1) is 5.92 Å². The number of nitrogens with one attached hydrogen (secondary N) is 1. The molecular weight excluding hydrogens is 414 g/mol. The monoisotopic (exact) mass is 452 g/mol. The number of quaternary nitrogens is 1. The van der Waals surface area contributed by atoms with Gasteiger partial charge in [0.2, 0.25) is 0 Å². The van der Waals surface area contributed by atoms with E-state index in [9.17, 15) is 4.79 Å². The summed E-state index contributed by atoms with van der Waals surface area (Å²) in [6.07, 6.45) is 5.02. The van der Waals surface area contributed by atoms with Gasteiger partial charge in [0.05, 0.1) is 44.1 Å². The van der Waals surface area contributed by atoms with Crippen LogP contribution in [0.1, 0.15) is 56.8 Å². The van der Waals surface area contributed by atoms with Crippen molar-refractivity contribution in [1.29, 1.82) is 0 Å². The summed E-state index contributed by atoms with van der Waals surface area (Å²) in [5.74, 6) is 0.613. The molecular formula is C27H38N3OS+. The van der Waals surface area contributed by atoms with Gasteiger partial charge in [-0.1, -0.05) is 37.7 Å². The number of carbonyl (C=O) groups is 1. The van der Waals surface area contributed by atoms with Crippen molar-refractivity contribution in [3.63, 3.8) is 0 Å². The number of hydrogen-bond donors (Lipinski definition) is 1. The maximum absolute atomic E-state index is 12.9. The topological polar surface area (TPSA) is 32.3 Å². The molecule has 0 aliphatic carbocycles. The maximum atomic E-state index is 12.9. The van der Waals surface area contributed by atoms with Crippen LogP contribution in [0.4, 0.5) is 11.4 Å². The van der Waals surface area contributed by atoms with Crippen LogP contribution in [-0.4, -0.2) is 49.7 Å². The fraction of sp³-hybridized carbons (Fsp3) is 0.519. The van der Waals surface area contributed by atoms with Gasteiger partial charge in [0.15, 0.2) is 0 Å². The highest BCUT2D eigenvalue weighted by Crippen LogP contribution is 2.49. The quantitative estimate of drug-likeness (QED) is 0.516. The smallest absolute Gasteiger partial charge is 0.251 e. The van der Waals surface area contributed by atoms with Crippen LogP contribution in [0.5, 0.6) is 0 Å². The van der Waals surface area contributed by atoms with Gasteiger partial charge in [0.25, 0.3) is 5.91 Å². The third-order valence-corrected chi connectivity index (χ3v) is 8.00. The molecule has 172 valence electrons. The second-order valence-electron chi connectivity index (χ2n) is 10.2. The molecule has 1 N–H and O–H groups in total. The molecule has 0 radical (unpaired) electrons. The second kappa shape index (κ2) is 9.88. The molecule has 2 aromatic rings. The van der Waals surface area contributed by atoms with Crippen molar-refractivity contribution in [2.24, 2.45) is 5.92 Å². The number of anilines is 2. The van der Waals surface area contributed by atoms with Crippen molar-refractivity contribution in [3.8, 4) is 0 Å². The van der Waals surface area contributed by atoms with Gasteiger partial charge in [0.1, 0.15) is 0 Å². The van der Waals surface area contributed by atoms with E-state index in [-0.39, 0.29) is 5.91 Å². The average Bonchev–Trinajstić information content (AvgIpc) is 2.76. The zero-order valence-corrected chi connectivity index (χ0v) is 20.9. The lowest BCUT2D eigenvalue weighted by molar-refractivity contribution is -0.914. The maximum Gasteiger partial charge on any atom is 0.251 e. The van der Waals surface area contributed by atoms with Gasteiger partial charge in [-0.15, -0.1) is 0 Å². The van der Waals surface area contributed by atoms with Gasteiger partial charge in [-0.3, -0.25) is 4.79 Å². The molecule has 0 spiro atoms. The van der Waals surface area contributed by atoms with Crippen molar-refractivity contribution in [3.05, 3.63) is 48.0 Å². The zero-order valence-electron chi connectivity index (χ0n) is 20.1. The van der Waals surface area contributed by atoms with Crippen LogP contribution in [0.3, 0.4) is 0 Å². The minimum atomic E-state index is 0.0277. The Kier molecular flexibility index (Phi) is 7.16. The first-order valence-electron chi connectivity index (χ1n) is 12.2. The molecule has 1 amide bonds. The Balaban J connectivity index is 1.63. The number of piperidine rings is 1. The molecule has 32 heavy (non-hydrogen) atoms. The van der Waals surface area contributed by atoms with Crippen molar-refractivity contribution in [2.45, 2.75) is 62.3 Å². The van der Waals surface area contributed by atoms with Crippen LogP contribution in [-0.2, 0) is 0 Å².